The number of halogens is 2. The SMILES string of the molecule is O=C(N/N=C/c1ccc(Cl)cc1Cl)C(O)C(O)C(O)C(O)CO. The number of hydrogen-bond acceptors (Lipinski definition) is 7. The Morgan fingerprint density at radius 2 is 1.87 bits per heavy atom. The van der Waals surface area contributed by atoms with Crippen LogP contribution in [0.25, 0.3) is 0 Å². The van der Waals surface area contributed by atoms with Gasteiger partial charge in [0.1, 0.15) is 18.3 Å². The van der Waals surface area contributed by atoms with Gasteiger partial charge in [-0.1, -0.05) is 29.3 Å². The molecule has 1 aromatic rings. The minimum absolute atomic E-state index is 0.289. The monoisotopic (exact) mass is 366 g/mol. The lowest BCUT2D eigenvalue weighted by molar-refractivity contribution is -0.148. The van der Waals surface area contributed by atoms with Crippen molar-refractivity contribution in [3.63, 3.8) is 0 Å². The van der Waals surface area contributed by atoms with Crippen molar-refractivity contribution in [2.45, 2.75) is 24.4 Å². The molecule has 0 aliphatic carbocycles. The Kier molecular flexibility index (Phi) is 7.86. The van der Waals surface area contributed by atoms with E-state index in [0.29, 0.717) is 10.6 Å². The number of hydrogen-bond donors (Lipinski definition) is 6. The highest BCUT2D eigenvalue weighted by molar-refractivity contribution is 6.36. The Morgan fingerprint density at radius 3 is 2.43 bits per heavy atom. The van der Waals surface area contributed by atoms with Gasteiger partial charge in [-0.15, -0.1) is 0 Å². The van der Waals surface area contributed by atoms with Gasteiger partial charge < -0.3 is 25.5 Å². The van der Waals surface area contributed by atoms with Gasteiger partial charge in [0.05, 0.1) is 17.8 Å². The molecule has 8 nitrogen and oxygen atoms in total. The van der Waals surface area contributed by atoms with E-state index in [1.54, 1.807) is 12.1 Å². The van der Waals surface area contributed by atoms with Gasteiger partial charge in [0.25, 0.3) is 5.91 Å². The maximum atomic E-state index is 11.6. The minimum Gasteiger partial charge on any atom is -0.394 e. The van der Waals surface area contributed by atoms with Gasteiger partial charge in [-0.2, -0.15) is 5.10 Å². The summed E-state index contributed by atoms with van der Waals surface area (Å²) in [4.78, 5) is 11.6. The molecule has 1 rings (SSSR count). The molecule has 4 unspecified atom stereocenters. The highest BCUT2D eigenvalue weighted by Crippen LogP contribution is 2.19. The fraction of sp³-hybridized carbons (Fsp3) is 0.385. The fourth-order valence-corrected chi connectivity index (χ4v) is 1.97. The van der Waals surface area contributed by atoms with Crippen LogP contribution in [0.2, 0.25) is 10.0 Å². The van der Waals surface area contributed by atoms with Crippen LogP contribution in [0, 0.1) is 0 Å². The Hall–Kier alpha value is -1.26. The van der Waals surface area contributed by atoms with E-state index < -0.39 is 36.9 Å². The zero-order chi connectivity index (χ0) is 17.6. The van der Waals surface area contributed by atoms with Crippen LogP contribution >= 0.6 is 23.2 Å². The number of hydrazone groups is 1. The van der Waals surface area contributed by atoms with Gasteiger partial charge in [-0.05, 0) is 12.1 Å². The molecule has 0 saturated carbocycles. The smallest absolute Gasteiger partial charge is 0.271 e. The van der Waals surface area contributed by atoms with E-state index in [4.69, 9.17) is 33.4 Å². The molecule has 0 spiro atoms. The van der Waals surface area contributed by atoms with E-state index in [1.165, 1.54) is 12.3 Å². The molecule has 0 heterocycles. The molecule has 23 heavy (non-hydrogen) atoms. The number of benzene rings is 1. The molecule has 0 aliphatic heterocycles. The summed E-state index contributed by atoms with van der Waals surface area (Å²) >= 11 is 11.6. The van der Waals surface area contributed by atoms with Crippen molar-refractivity contribution in [2.75, 3.05) is 6.61 Å². The van der Waals surface area contributed by atoms with Gasteiger partial charge in [-0.3, -0.25) is 4.79 Å². The van der Waals surface area contributed by atoms with Crippen molar-refractivity contribution < 1.29 is 30.3 Å². The molecule has 0 bridgehead atoms. The number of nitrogens with zero attached hydrogens (tertiary/aromatic N) is 1. The van der Waals surface area contributed by atoms with Crippen LogP contribution in [0.4, 0.5) is 0 Å². The van der Waals surface area contributed by atoms with E-state index >= 15 is 0 Å². The molecule has 128 valence electrons. The molecule has 0 saturated heterocycles. The number of carbonyl (C=O) groups is 1. The number of aliphatic hydroxyl groups excluding tert-OH is 5. The number of nitrogens with one attached hydrogen (secondary N) is 1. The summed E-state index contributed by atoms with van der Waals surface area (Å²) in [6, 6.07) is 4.58. The van der Waals surface area contributed by atoms with Crippen LogP contribution in [0.15, 0.2) is 23.3 Å². The molecule has 0 fully saturated rings. The Balaban J connectivity index is 2.63. The second-order valence-corrected chi connectivity index (χ2v) is 5.42. The highest BCUT2D eigenvalue weighted by Gasteiger charge is 2.34. The third-order valence-electron chi connectivity index (χ3n) is 2.86. The molecule has 0 radical (unpaired) electrons. The maximum absolute atomic E-state index is 11.6. The van der Waals surface area contributed by atoms with Crippen LogP contribution < -0.4 is 5.43 Å². The van der Waals surface area contributed by atoms with Crippen LogP contribution in [0.3, 0.4) is 0 Å². The van der Waals surface area contributed by atoms with Crippen molar-refractivity contribution in [1.29, 1.82) is 0 Å². The second kappa shape index (κ2) is 9.14. The minimum atomic E-state index is -2.07. The van der Waals surface area contributed by atoms with Crippen molar-refractivity contribution in [3.05, 3.63) is 33.8 Å². The molecular weight excluding hydrogens is 351 g/mol. The number of amides is 1. The lowest BCUT2D eigenvalue weighted by Crippen LogP contribution is -2.50. The summed E-state index contributed by atoms with van der Waals surface area (Å²) in [6.07, 6.45) is -6.50. The summed E-state index contributed by atoms with van der Waals surface area (Å²) in [7, 11) is 0. The molecule has 6 N–H and O–H groups in total. The first kappa shape index (κ1) is 19.8. The number of carbonyl (C=O) groups excluding carboxylic acids is 1. The topological polar surface area (TPSA) is 143 Å². The predicted octanol–water partition coefficient (Wildman–Crippen LogP) is -1.12. The highest BCUT2D eigenvalue weighted by atomic mass is 35.5. The van der Waals surface area contributed by atoms with Gasteiger partial charge in [0, 0.05) is 10.6 Å². The Labute approximate surface area is 141 Å². The molecule has 4 atom stereocenters. The van der Waals surface area contributed by atoms with Crippen molar-refractivity contribution in [1.82, 2.24) is 5.43 Å². The van der Waals surface area contributed by atoms with E-state index in [1.807, 2.05) is 5.43 Å². The van der Waals surface area contributed by atoms with Crippen molar-refractivity contribution in [3.8, 4) is 0 Å². The maximum Gasteiger partial charge on any atom is 0.271 e. The van der Waals surface area contributed by atoms with Crippen LogP contribution in [0.1, 0.15) is 5.56 Å². The van der Waals surface area contributed by atoms with Gasteiger partial charge in [-0.25, -0.2) is 5.43 Å². The molecular formula is C13H16Cl2N2O6. The first-order valence-electron chi connectivity index (χ1n) is 6.39. The summed E-state index contributed by atoms with van der Waals surface area (Å²) in [6.45, 7) is -0.847. The summed E-state index contributed by atoms with van der Waals surface area (Å²) in [5.74, 6) is -1.12. The van der Waals surface area contributed by atoms with E-state index in [0.717, 1.165) is 0 Å². The third-order valence-corrected chi connectivity index (χ3v) is 3.43. The lowest BCUT2D eigenvalue weighted by atomic mass is 10.0. The number of rotatable bonds is 7. The molecule has 10 heteroatoms. The Bertz CT molecular complexity index is 571. The third kappa shape index (κ3) is 5.70. The average Bonchev–Trinajstić information content (AvgIpc) is 2.53. The second-order valence-electron chi connectivity index (χ2n) is 4.58. The first-order chi connectivity index (χ1) is 10.8. The van der Waals surface area contributed by atoms with Gasteiger partial charge >= 0.3 is 0 Å². The van der Waals surface area contributed by atoms with Gasteiger partial charge in [0.15, 0.2) is 6.10 Å². The van der Waals surface area contributed by atoms with Crippen LogP contribution in [-0.2, 0) is 4.79 Å². The van der Waals surface area contributed by atoms with Crippen LogP contribution in [0.5, 0.6) is 0 Å². The summed E-state index contributed by atoms with van der Waals surface area (Å²) in [5, 5.41) is 50.5. The van der Waals surface area contributed by atoms with E-state index in [-0.39, 0.29) is 5.02 Å². The first-order valence-corrected chi connectivity index (χ1v) is 7.14. The van der Waals surface area contributed by atoms with E-state index in [2.05, 4.69) is 5.10 Å². The lowest BCUT2D eigenvalue weighted by Gasteiger charge is -2.24. The largest absolute Gasteiger partial charge is 0.394 e. The standard InChI is InChI=1S/C13H16Cl2N2O6/c14-7-2-1-6(8(15)3-7)4-16-17-13(23)12(22)11(21)10(20)9(19)5-18/h1-4,9-12,18-22H,5H2,(H,17,23)/b16-4+. The normalized spacial score (nSPS) is 16.8. The zero-order valence-corrected chi connectivity index (χ0v) is 13.2. The quantitative estimate of drug-likeness (QED) is 0.266. The Morgan fingerprint density at radius 1 is 1.22 bits per heavy atom. The average molecular weight is 367 g/mol. The molecule has 1 aromatic carbocycles. The van der Waals surface area contributed by atoms with Crippen molar-refractivity contribution in [2.24, 2.45) is 5.10 Å². The van der Waals surface area contributed by atoms with Gasteiger partial charge in [0.2, 0.25) is 0 Å². The summed E-state index contributed by atoms with van der Waals surface area (Å²) < 4.78 is 0. The van der Waals surface area contributed by atoms with Crippen molar-refractivity contribution >= 4 is 35.3 Å². The van der Waals surface area contributed by atoms with E-state index in [9.17, 15) is 20.1 Å². The fourth-order valence-electron chi connectivity index (χ4n) is 1.52. The summed E-state index contributed by atoms with van der Waals surface area (Å²) in [5.41, 5.74) is 2.39. The zero-order valence-electron chi connectivity index (χ0n) is 11.7. The number of aliphatic hydroxyl groups is 5. The van der Waals surface area contributed by atoms with Crippen LogP contribution in [-0.4, -0.2) is 68.7 Å². The molecule has 0 aliphatic rings. The molecule has 0 aromatic heterocycles. The predicted molar refractivity (Wildman–Crippen MR) is 83.3 cm³/mol. The molecule has 1 amide bonds.